The maximum absolute atomic E-state index is 11.8. The fraction of sp³-hybridized carbons (Fsp3) is 0.267. The molecule has 21 heavy (non-hydrogen) atoms. The van der Waals surface area contributed by atoms with Gasteiger partial charge in [0.2, 0.25) is 10.0 Å². The van der Waals surface area contributed by atoms with Gasteiger partial charge < -0.3 is 5.73 Å². The van der Waals surface area contributed by atoms with Crippen LogP contribution in [-0.4, -0.2) is 26.5 Å². The van der Waals surface area contributed by atoms with Crippen molar-refractivity contribution in [2.75, 3.05) is 7.05 Å². The Morgan fingerprint density at radius 1 is 1.29 bits per heavy atom. The van der Waals surface area contributed by atoms with Crippen LogP contribution < -0.4 is 10.5 Å². The van der Waals surface area contributed by atoms with Crippen molar-refractivity contribution in [2.45, 2.75) is 23.3 Å². The van der Waals surface area contributed by atoms with E-state index in [-0.39, 0.29) is 10.9 Å². The maximum Gasteiger partial charge on any atom is 0.240 e. The maximum atomic E-state index is 11.8. The molecule has 0 spiro atoms. The van der Waals surface area contributed by atoms with E-state index in [1.54, 1.807) is 18.2 Å². The molecular formula is C15H17N3O2S. The first kappa shape index (κ1) is 14.2. The van der Waals surface area contributed by atoms with Crippen molar-refractivity contribution in [1.82, 2.24) is 9.71 Å². The summed E-state index contributed by atoms with van der Waals surface area (Å²) < 4.78 is 26.0. The Balaban J connectivity index is 1.92. The van der Waals surface area contributed by atoms with Gasteiger partial charge in [-0.2, -0.15) is 0 Å². The number of nitrogens with zero attached hydrogens (tertiary/aromatic N) is 1. The van der Waals surface area contributed by atoms with Crippen LogP contribution in [0, 0.1) is 0 Å². The SMILES string of the molecule is CNS(=O)(=O)c1cccc(-c2ccc([C@H]3C[C@@H]3N)cn2)c1. The Labute approximate surface area is 124 Å². The first-order valence-corrected chi connectivity index (χ1v) is 8.25. The highest BCUT2D eigenvalue weighted by atomic mass is 32.2. The fourth-order valence-corrected chi connectivity index (χ4v) is 3.11. The molecule has 1 aromatic heterocycles. The number of nitrogens with two attached hydrogens (primary N) is 1. The number of aromatic nitrogens is 1. The number of hydrogen-bond acceptors (Lipinski definition) is 4. The molecule has 0 aliphatic heterocycles. The van der Waals surface area contributed by atoms with Crippen LogP contribution in [0.25, 0.3) is 11.3 Å². The zero-order valence-corrected chi connectivity index (χ0v) is 12.5. The van der Waals surface area contributed by atoms with E-state index in [1.165, 1.54) is 7.05 Å². The quantitative estimate of drug-likeness (QED) is 0.895. The Kier molecular flexibility index (Phi) is 3.52. The standard InChI is InChI=1S/C15H17N3O2S/c1-17-21(19,20)12-4-2-3-10(7-12)15-6-5-11(9-18-15)13-8-14(13)16/h2-7,9,13-14,17H,8,16H2,1H3/t13-,14+/m1/s1. The van der Waals surface area contributed by atoms with Crippen LogP contribution in [0.15, 0.2) is 47.5 Å². The summed E-state index contributed by atoms with van der Waals surface area (Å²) in [7, 11) is -2.05. The normalized spacial score (nSPS) is 21.2. The second-order valence-electron chi connectivity index (χ2n) is 5.22. The molecule has 3 rings (SSSR count). The summed E-state index contributed by atoms with van der Waals surface area (Å²) in [6.07, 6.45) is 2.84. The molecule has 0 bridgehead atoms. The van der Waals surface area contributed by atoms with Gasteiger partial charge >= 0.3 is 0 Å². The number of nitrogens with one attached hydrogen (secondary N) is 1. The fourth-order valence-electron chi connectivity index (χ4n) is 2.33. The van der Waals surface area contributed by atoms with Crippen molar-refractivity contribution < 1.29 is 8.42 Å². The number of rotatable bonds is 4. The first-order chi connectivity index (χ1) is 10.0. The Bertz CT molecular complexity index is 757. The molecule has 1 saturated carbocycles. The second-order valence-corrected chi connectivity index (χ2v) is 7.10. The average molecular weight is 303 g/mol. The van der Waals surface area contributed by atoms with Crippen LogP contribution in [0.3, 0.4) is 0 Å². The highest BCUT2D eigenvalue weighted by molar-refractivity contribution is 7.89. The predicted octanol–water partition coefficient (Wildman–Crippen LogP) is 1.47. The second kappa shape index (κ2) is 5.22. The molecule has 1 heterocycles. The summed E-state index contributed by atoms with van der Waals surface area (Å²) in [6, 6.07) is 10.9. The van der Waals surface area contributed by atoms with Gasteiger partial charge in [0.1, 0.15) is 0 Å². The molecule has 6 heteroatoms. The molecule has 1 aromatic carbocycles. The Morgan fingerprint density at radius 2 is 2.05 bits per heavy atom. The van der Waals surface area contributed by atoms with Gasteiger partial charge in [0.05, 0.1) is 10.6 Å². The molecule has 2 atom stereocenters. The summed E-state index contributed by atoms with van der Waals surface area (Å²) in [4.78, 5) is 4.66. The number of pyridine rings is 1. The summed E-state index contributed by atoms with van der Waals surface area (Å²) in [6.45, 7) is 0. The van der Waals surface area contributed by atoms with Crippen LogP contribution in [0.2, 0.25) is 0 Å². The molecule has 1 fully saturated rings. The van der Waals surface area contributed by atoms with Crippen LogP contribution >= 0.6 is 0 Å². The lowest BCUT2D eigenvalue weighted by molar-refractivity contribution is 0.588. The summed E-state index contributed by atoms with van der Waals surface area (Å²) >= 11 is 0. The van der Waals surface area contributed by atoms with Crippen molar-refractivity contribution in [3.63, 3.8) is 0 Å². The molecule has 0 unspecified atom stereocenters. The number of hydrogen-bond donors (Lipinski definition) is 2. The van der Waals surface area contributed by atoms with E-state index in [2.05, 4.69) is 9.71 Å². The molecule has 1 aliphatic rings. The summed E-state index contributed by atoms with van der Waals surface area (Å²) in [5.74, 6) is 0.419. The molecule has 0 saturated heterocycles. The van der Waals surface area contributed by atoms with E-state index >= 15 is 0 Å². The van der Waals surface area contributed by atoms with Crippen LogP contribution in [-0.2, 0) is 10.0 Å². The van der Waals surface area contributed by atoms with E-state index in [1.807, 2.05) is 24.4 Å². The van der Waals surface area contributed by atoms with E-state index in [9.17, 15) is 8.42 Å². The third-order valence-corrected chi connectivity index (χ3v) is 5.18. The minimum Gasteiger partial charge on any atom is -0.327 e. The van der Waals surface area contributed by atoms with E-state index in [0.717, 1.165) is 23.2 Å². The molecule has 0 radical (unpaired) electrons. The molecule has 3 N–H and O–H groups in total. The van der Waals surface area contributed by atoms with E-state index in [4.69, 9.17) is 5.73 Å². The highest BCUT2D eigenvalue weighted by Gasteiger charge is 2.34. The lowest BCUT2D eigenvalue weighted by Crippen LogP contribution is -2.18. The Hall–Kier alpha value is -1.76. The van der Waals surface area contributed by atoms with Gasteiger partial charge in [0, 0.05) is 23.7 Å². The van der Waals surface area contributed by atoms with Crippen LogP contribution in [0.5, 0.6) is 0 Å². The highest BCUT2D eigenvalue weighted by Crippen LogP contribution is 2.38. The molecule has 2 aromatic rings. The lowest BCUT2D eigenvalue weighted by atomic mass is 10.1. The predicted molar refractivity (Wildman–Crippen MR) is 81.3 cm³/mol. The van der Waals surface area contributed by atoms with Gasteiger partial charge in [-0.15, -0.1) is 0 Å². The average Bonchev–Trinajstić information content (AvgIpc) is 3.24. The Morgan fingerprint density at radius 3 is 2.62 bits per heavy atom. The third-order valence-electron chi connectivity index (χ3n) is 3.76. The smallest absolute Gasteiger partial charge is 0.240 e. The van der Waals surface area contributed by atoms with Crippen molar-refractivity contribution in [2.24, 2.45) is 5.73 Å². The topological polar surface area (TPSA) is 85.1 Å². The van der Waals surface area contributed by atoms with Crippen molar-refractivity contribution in [3.8, 4) is 11.3 Å². The van der Waals surface area contributed by atoms with E-state index in [0.29, 0.717) is 5.92 Å². The van der Waals surface area contributed by atoms with Crippen molar-refractivity contribution in [1.29, 1.82) is 0 Å². The van der Waals surface area contributed by atoms with Crippen molar-refractivity contribution >= 4 is 10.0 Å². The minimum absolute atomic E-state index is 0.234. The van der Waals surface area contributed by atoms with Crippen LogP contribution in [0.4, 0.5) is 0 Å². The third kappa shape index (κ3) is 2.83. The van der Waals surface area contributed by atoms with Gasteiger partial charge in [0.25, 0.3) is 0 Å². The molecular weight excluding hydrogens is 286 g/mol. The zero-order valence-electron chi connectivity index (χ0n) is 11.7. The molecule has 110 valence electrons. The van der Waals surface area contributed by atoms with Gasteiger partial charge in [-0.3, -0.25) is 4.98 Å². The lowest BCUT2D eigenvalue weighted by Gasteiger charge is -2.06. The number of sulfonamides is 1. The largest absolute Gasteiger partial charge is 0.327 e. The van der Waals surface area contributed by atoms with Crippen molar-refractivity contribution in [3.05, 3.63) is 48.2 Å². The molecule has 5 nitrogen and oxygen atoms in total. The van der Waals surface area contributed by atoms with Gasteiger partial charge in [-0.05, 0) is 37.2 Å². The molecule has 1 aliphatic carbocycles. The van der Waals surface area contributed by atoms with E-state index < -0.39 is 10.0 Å². The monoisotopic (exact) mass is 303 g/mol. The number of benzene rings is 1. The summed E-state index contributed by atoms with van der Waals surface area (Å²) in [5.41, 5.74) is 8.50. The first-order valence-electron chi connectivity index (χ1n) is 6.77. The van der Waals surface area contributed by atoms with Gasteiger partial charge in [0.15, 0.2) is 0 Å². The molecule has 0 amide bonds. The zero-order chi connectivity index (χ0) is 15.0. The summed E-state index contributed by atoms with van der Waals surface area (Å²) in [5, 5.41) is 0. The minimum atomic E-state index is -3.44. The van der Waals surface area contributed by atoms with Gasteiger partial charge in [-0.1, -0.05) is 18.2 Å². The van der Waals surface area contributed by atoms with Crippen LogP contribution in [0.1, 0.15) is 17.9 Å². The van der Waals surface area contributed by atoms with Gasteiger partial charge in [-0.25, -0.2) is 13.1 Å².